The van der Waals surface area contributed by atoms with E-state index in [4.69, 9.17) is 0 Å². The Kier molecular flexibility index (Phi) is 3.92. The SMILES string of the molecule is O=C(c1ccc(Br)cc1)N1CCCC2CCCCC21. The fourth-order valence-corrected chi connectivity index (χ4v) is 3.90. The predicted molar refractivity (Wildman–Crippen MR) is 80.2 cm³/mol. The van der Waals surface area contributed by atoms with Gasteiger partial charge in [0.05, 0.1) is 0 Å². The van der Waals surface area contributed by atoms with Crippen LogP contribution in [0.2, 0.25) is 0 Å². The summed E-state index contributed by atoms with van der Waals surface area (Å²) in [6, 6.07) is 8.27. The number of rotatable bonds is 1. The van der Waals surface area contributed by atoms with Crippen LogP contribution in [0.5, 0.6) is 0 Å². The first-order chi connectivity index (χ1) is 9.25. The molecule has 1 aliphatic carbocycles. The molecule has 3 rings (SSSR count). The number of nitrogens with zero attached hydrogens (tertiary/aromatic N) is 1. The normalized spacial score (nSPS) is 26.9. The summed E-state index contributed by atoms with van der Waals surface area (Å²) >= 11 is 3.42. The number of piperidine rings is 1. The van der Waals surface area contributed by atoms with Crippen LogP contribution in [-0.4, -0.2) is 23.4 Å². The lowest BCUT2D eigenvalue weighted by Gasteiger charge is -2.44. The van der Waals surface area contributed by atoms with E-state index in [0.29, 0.717) is 6.04 Å². The van der Waals surface area contributed by atoms with Crippen molar-refractivity contribution >= 4 is 21.8 Å². The highest BCUT2D eigenvalue weighted by Gasteiger charge is 2.35. The number of carbonyl (C=O) groups is 1. The smallest absolute Gasteiger partial charge is 0.254 e. The van der Waals surface area contributed by atoms with Crippen LogP contribution < -0.4 is 0 Å². The molecule has 2 unspecified atom stereocenters. The molecular weight excluding hydrogens is 302 g/mol. The van der Waals surface area contributed by atoms with Gasteiger partial charge in [0.15, 0.2) is 0 Å². The van der Waals surface area contributed by atoms with Crippen LogP contribution in [0.15, 0.2) is 28.7 Å². The first-order valence-corrected chi connectivity index (χ1v) is 8.11. The molecule has 102 valence electrons. The third-order valence-corrected chi connectivity index (χ3v) is 5.12. The molecule has 0 N–H and O–H groups in total. The molecule has 2 fully saturated rings. The van der Waals surface area contributed by atoms with Gasteiger partial charge in [-0.05, 0) is 55.9 Å². The van der Waals surface area contributed by atoms with Crippen LogP contribution in [-0.2, 0) is 0 Å². The Morgan fingerprint density at radius 3 is 2.53 bits per heavy atom. The molecule has 0 radical (unpaired) electrons. The van der Waals surface area contributed by atoms with E-state index in [2.05, 4.69) is 20.8 Å². The monoisotopic (exact) mass is 321 g/mol. The lowest BCUT2D eigenvalue weighted by molar-refractivity contribution is 0.0390. The van der Waals surface area contributed by atoms with Gasteiger partial charge >= 0.3 is 0 Å². The first-order valence-electron chi connectivity index (χ1n) is 7.32. The third kappa shape index (κ3) is 2.71. The van der Waals surface area contributed by atoms with E-state index >= 15 is 0 Å². The van der Waals surface area contributed by atoms with Crippen LogP contribution in [0.3, 0.4) is 0 Å². The average Bonchev–Trinajstić information content (AvgIpc) is 2.47. The molecule has 0 bridgehead atoms. The van der Waals surface area contributed by atoms with Gasteiger partial charge in [-0.3, -0.25) is 4.79 Å². The Morgan fingerprint density at radius 1 is 1.05 bits per heavy atom. The van der Waals surface area contributed by atoms with Crippen LogP contribution in [0, 0.1) is 5.92 Å². The van der Waals surface area contributed by atoms with Gasteiger partial charge in [0.2, 0.25) is 0 Å². The van der Waals surface area contributed by atoms with E-state index in [1.165, 1.54) is 38.5 Å². The third-order valence-electron chi connectivity index (χ3n) is 4.60. The zero-order valence-corrected chi connectivity index (χ0v) is 12.7. The van der Waals surface area contributed by atoms with Gasteiger partial charge < -0.3 is 4.90 Å². The number of likely N-dealkylation sites (tertiary alicyclic amines) is 1. The van der Waals surface area contributed by atoms with Gasteiger partial charge in [0.1, 0.15) is 0 Å². The maximum atomic E-state index is 12.7. The van der Waals surface area contributed by atoms with Gasteiger partial charge in [-0.25, -0.2) is 0 Å². The largest absolute Gasteiger partial charge is 0.335 e. The van der Waals surface area contributed by atoms with Gasteiger partial charge in [-0.2, -0.15) is 0 Å². The first kappa shape index (κ1) is 13.2. The highest BCUT2D eigenvalue weighted by Crippen LogP contribution is 2.35. The van der Waals surface area contributed by atoms with Crippen LogP contribution >= 0.6 is 15.9 Å². The molecule has 1 amide bonds. The molecule has 0 spiro atoms. The fraction of sp³-hybridized carbons (Fsp3) is 0.562. The van der Waals surface area contributed by atoms with Crippen molar-refractivity contribution in [3.8, 4) is 0 Å². The van der Waals surface area contributed by atoms with Crippen molar-refractivity contribution in [2.75, 3.05) is 6.54 Å². The molecule has 2 atom stereocenters. The average molecular weight is 322 g/mol. The standard InChI is InChI=1S/C16H20BrNO/c17-14-9-7-13(8-10-14)16(19)18-11-3-5-12-4-1-2-6-15(12)18/h7-10,12,15H,1-6,11H2. The maximum Gasteiger partial charge on any atom is 0.254 e. The molecule has 3 heteroatoms. The predicted octanol–water partition coefficient (Wildman–Crippen LogP) is 4.24. The Balaban J connectivity index is 1.79. The van der Waals surface area contributed by atoms with Crippen molar-refractivity contribution < 1.29 is 4.79 Å². The second kappa shape index (κ2) is 5.66. The molecule has 1 aliphatic heterocycles. The number of halogens is 1. The van der Waals surface area contributed by atoms with E-state index in [9.17, 15) is 4.79 Å². The molecule has 2 aliphatic rings. The second-order valence-corrected chi connectivity index (χ2v) is 6.68. The number of amides is 1. The van der Waals surface area contributed by atoms with E-state index in [0.717, 1.165) is 22.5 Å². The summed E-state index contributed by atoms with van der Waals surface area (Å²) in [6.07, 6.45) is 7.63. The Hall–Kier alpha value is -0.830. The van der Waals surface area contributed by atoms with Crippen molar-refractivity contribution in [2.24, 2.45) is 5.92 Å². The zero-order chi connectivity index (χ0) is 13.2. The lowest BCUT2D eigenvalue weighted by atomic mass is 9.78. The van der Waals surface area contributed by atoms with Crippen LogP contribution in [0.1, 0.15) is 48.9 Å². The Morgan fingerprint density at radius 2 is 1.74 bits per heavy atom. The highest BCUT2D eigenvalue weighted by atomic mass is 79.9. The molecule has 0 aromatic heterocycles. The molecule has 1 aromatic rings. The van der Waals surface area contributed by atoms with Gasteiger partial charge in [-0.1, -0.05) is 28.8 Å². The van der Waals surface area contributed by atoms with Crippen LogP contribution in [0.25, 0.3) is 0 Å². The molecule has 1 heterocycles. The molecule has 1 saturated heterocycles. The molecule has 1 aromatic carbocycles. The summed E-state index contributed by atoms with van der Waals surface area (Å²) in [5.74, 6) is 0.978. The summed E-state index contributed by atoms with van der Waals surface area (Å²) in [5.41, 5.74) is 0.828. The minimum atomic E-state index is 0.226. The van der Waals surface area contributed by atoms with Crippen molar-refractivity contribution in [1.29, 1.82) is 0 Å². The van der Waals surface area contributed by atoms with E-state index < -0.39 is 0 Å². The van der Waals surface area contributed by atoms with Crippen molar-refractivity contribution in [3.05, 3.63) is 34.3 Å². The summed E-state index contributed by atoms with van der Waals surface area (Å²) < 4.78 is 1.03. The molecule has 1 saturated carbocycles. The highest BCUT2D eigenvalue weighted by molar-refractivity contribution is 9.10. The molecule has 2 nitrogen and oxygen atoms in total. The van der Waals surface area contributed by atoms with Gasteiger partial charge in [-0.15, -0.1) is 0 Å². The minimum absolute atomic E-state index is 0.226. The van der Waals surface area contributed by atoms with Gasteiger partial charge in [0, 0.05) is 22.6 Å². The summed E-state index contributed by atoms with van der Waals surface area (Å²) in [4.78, 5) is 14.8. The number of fused-ring (bicyclic) bond motifs is 1. The van der Waals surface area contributed by atoms with Crippen LogP contribution in [0.4, 0.5) is 0 Å². The van der Waals surface area contributed by atoms with Crippen molar-refractivity contribution in [2.45, 2.75) is 44.6 Å². The van der Waals surface area contributed by atoms with E-state index in [1.807, 2.05) is 24.3 Å². The maximum absolute atomic E-state index is 12.7. The minimum Gasteiger partial charge on any atom is -0.335 e. The van der Waals surface area contributed by atoms with Gasteiger partial charge in [0.25, 0.3) is 5.91 Å². The molecular formula is C16H20BrNO. The Labute approximate surface area is 123 Å². The summed E-state index contributed by atoms with van der Waals surface area (Å²) in [6.45, 7) is 0.941. The quantitative estimate of drug-likeness (QED) is 0.757. The van der Waals surface area contributed by atoms with E-state index in [-0.39, 0.29) is 5.91 Å². The topological polar surface area (TPSA) is 20.3 Å². The summed E-state index contributed by atoms with van der Waals surface area (Å²) in [7, 11) is 0. The Bertz CT molecular complexity index is 454. The molecule has 19 heavy (non-hydrogen) atoms. The van der Waals surface area contributed by atoms with Crippen molar-refractivity contribution in [1.82, 2.24) is 4.90 Å². The number of hydrogen-bond acceptors (Lipinski definition) is 1. The fourth-order valence-electron chi connectivity index (χ4n) is 3.64. The van der Waals surface area contributed by atoms with E-state index in [1.54, 1.807) is 0 Å². The second-order valence-electron chi connectivity index (χ2n) is 5.76. The number of hydrogen-bond donors (Lipinski definition) is 0. The lowest BCUT2D eigenvalue weighted by Crippen LogP contribution is -2.49. The van der Waals surface area contributed by atoms with Crippen molar-refractivity contribution in [3.63, 3.8) is 0 Å². The zero-order valence-electron chi connectivity index (χ0n) is 11.1. The number of carbonyl (C=O) groups excluding carboxylic acids is 1. The summed E-state index contributed by atoms with van der Waals surface area (Å²) in [5, 5.41) is 0. The number of benzene rings is 1.